The summed E-state index contributed by atoms with van der Waals surface area (Å²) in [5.74, 6) is -0.192. The van der Waals surface area contributed by atoms with Crippen LogP contribution in [0.4, 0.5) is 11.4 Å². The summed E-state index contributed by atoms with van der Waals surface area (Å²) < 4.78 is 0. The van der Waals surface area contributed by atoms with E-state index in [4.69, 9.17) is 0 Å². The lowest BCUT2D eigenvalue weighted by molar-refractivity contribution is -0.119. The Morgan fingerprint density at radius 1 is 1.09 bits per heavy atom. The van der Waals surface area contributed by atoms with Crippen molar-refractivity contribution in [1.29, 1.82) is 0 Å². The lowest BCUT2D eigenvalue weighted by Gasteiger charge is -2.14. The summed E-state index contributed by atoms with van der Waals surface area (Å²) in [6.07, 6.45) is 0.843. The van der Waals surface area contributed by atoms with Crippen LogP contribution >= 0.6 is 23.7 Å². The van der Waals surface area contributed by atoms with Crippen molar-refractivity contribution in [3.05, 3.63) is 46.7 Å². The Balaban J connectivity index is 0.00000192. The van der Waals surface area contributed by atoms with E-state index in [0.29, 0.717) is 22.8 Å². The van der Waals surface area contributed by atoms with Gasteiger partial charge in [-0.15, -0.1) is 23.7 Å². The molecule has 0 saturated carbocycles. The summed E-state index contributed by atoms with van der Waals surface area (Å²) in [6, 6.07) is 10.9. The molecule has 2 aromatic rings. The van der Waals surface area contributed by atoms with Gasteiger partial charge < -0.3 is 16.0 Å². The second-order valence-electron chi connectivity index (χ2n) is 5.16. The van der Waals surface area contributed by atoms with Gasteiger partial charge >= 0.3 is 0 Å². The summed E-state index contributed by atoms with van der Waals surface area (Å²) in [4.78, 5) is 25.0. The molecule has 1 aromatic carbocycles. The molecule has 1 saturated heterocycles. The molecule has 23 heavy (non-hydrogen) atoms. The van der Waals surface area contributed by atoms with E-state index in [0.717, 1.165) is 13.0 Å². The number of benzene rings is 1. The molecule has 1 unspecified atom stereocenters. The molecule has 3 rings (SSSR count). The summed E-state index contributed by atoms with van der Waals surface area (Å²) in [5.41, 5.74) is 1.24. The van der Waals surface area contributed by atoms with E-state index in [9.17, 15) is 9.59 Å². The number of nitrogens with one attached hydrogen (secondary N) is 3. The van der Waals surface area contributed by atoms with Gasteiger partial charge in [-0.3, -0.25) is 9.59 Å². The van der Waals surface area contributed by atoms with Gasteiger partial charge in [-0.1, -0.05) is 18.2 Å². The molecule has 122 valence electrons. The Kier molecular flexibility index (Phi) is 6.15. The molecule has 0 radical (unpaired) electrons. The van der Waals surface area contributed by atoms with Crippen LogP contribution in [-0.2, 0) is 4.79 Å². The third kappa shape index (κ3) is 4.31. The largest absolute Gasteiger partial charge is 0.324 e. The smallest absolute Gasteiger partial charge is 0.265 e. The third-order valence-electron chi connectivity index (χ3n) is 3.61. The molecule has 2 heterocycles. The number of amides is 2. The maximum Gasteiger partial charge on any atom is 0.265 e. The molecule has 2 amide bonds. The molecule has 1 aromatic heterocycles. The Hall–Kier alpha value is -1.89. The van der Waals surface area contributed by atoms with Crippen LogP contribution in [0.25, 0.3) is 0 Å². The molecule has 0 aliphatic carbocycles. The highest BCUT2D eigenvalue weighted by Gasteiger charge is 2.23. The first-order valence-electron chi connectivity index (χ1n) is 7.19. The molecule has 0 bridgehead atoms. The van der Waals surface area contributed by atoms with Gasteiger partial charge in [0.05, 0.1) is 22.2 Å². The monoisotopic (exact) mass is 351 g/mol. The number of carbonyl (C=O) groups excluding carboxylic acids is 2. The second kappa shape index (κ2) is 8.10. The molecule has 1 aliphatic heterocycles. The summed E-state index contributed by atoms with van der Waals surface area (Å²) in [7, 11) is 0. The Bertz CT molecular complexity index is 670. The fourth-order valence-corrected chi connectivity index (χ4v) is 3.02. The SMILES string of the molecule is Cl.O=C(Nc1ccccc1NC(=O)C1CCNC1)c1cccs1. The average molecular weight is 352 g/mol. The minimum Gasteiger partial charge on any atom is -0.324 e. The normalized spacial score (nSPS) is 16.4. The number of anilines is 2. The summed E-state index contributed by atoms with van der Waals surface area (Å²) >= 11 is 1.38. The molecule has 7 heteroatoms. The van der Waals surface area contributed by atoms with Gasteiger partial charge in [-0.25, -0.2) is 0 Å². The van der Waals surface area contributed by atoms with Gasteiger partial charge in [0.15, 0.2) is 0 Å². The summed E-state index contributed by atoms with van der Waals surface area (Å²) in [5, 5.41) is 10.8. The molecular formula is C16H18ClN3O2S. The Labute approximate surface area is 144 Å². The van der Waals surface area contributed by atoms with Crippen LogP contribution in [0, 0.1) is 5.92 Å². The number of para-hydroxylation sites is 2. The predicted octanol–water partition coefficient (Wildman–Crippen LogP) is 2.97. The van der Waals surface area contributed by atoms with Crippen molar-refractivity contribution in [2.75, 3.05) is 23.7 Å². The maximum absolute atomic E-state index is 12.2. The molecule has 5 nitrogen and oxygen atoms in total. The van der Waals surface area contributed by atoms with E-state index in [-0.39, 0.29) is 30.1 Å². The number of hydrogen-bond donors (Lipinski definition) is 3. The quantitative estimate of drug-likeness (QED) is 0.793. The maximum atomic E-state index is 12.2. The van der Waals surface area contributed by atoms with Gasteiger partial charge in [0, 0.05) is 6.54 Å². The Morgan fingerprint density at radius 2 is 1.83 bits per heavy atom. The minimum atomic E-state index is -0.167. The van der Waals surface area contributed by atoms with Gasteiger partial charge in [0.2, 0.25) is 5.91 Å². The number of halogens is 1. The van der Waals surface area contributed by atoms with E-state index >= 15 is 0 Å². The van der Waals surface area contributed by atoms with Crippen LogP contribution in [0.1, 0.15) is 16.1 Å². The van der Waals surface area contributed by atoms with Crippen molar-refractivity contribution < 1.29 is 9.59 Å². The highest BCUT2D eigenvalue weighted by Crippen LogP contribution is 2.24. The summed E-state index contributed by atoms with van der Waals surface area (Å²) in [6.45, 7) is 1.57. The molecule has 3 N–H and O–H groups in total. The first-order valence-corrected chi connectivity index (χ1v) is 8.07. The van der Waals surface area contributed by atoms with Crippen molar-refractivity contribution in [3.63, 3.8) is 0 Å². The zero-order valence-corrected chi connectivity index (χ0v) is 14.0. The number of carbonyl (C=O) groups is 2. The standard InChI is InChI=1S/C16H17N3O2S.ClH/c20-15(11-7-8-17-10-11)18-12-4-1-2-5-13(12)19-16(21)14-6-3-9-22-14;/h1-6,9,11,17H,7-8,10H2,(H,18,20)(H,19,21);1H. The molecular weight excluding hydrogens is 334 g/mol. The molecule has 1 fully saturated rings. The van der Waals surface area contributed by atoms with Gasteiger partial charge in [0.1, 0.15) is 0 Å². The number of rotatable bonds is 4. The zero-order chi connectivity index (χ0) is 15.4. The Morgan fingerprint density at radius 3 is 2.43 bits per heavy atom. The van der Waals surface area contributed by atoms with Gasteiger partial charge in [-0.05, 0) is 36.5 Å². The van der Waals surface area contributed by atoms with Crippen LogP contribution in [0.15, 0.2) is 41.8 Å². The van der Waals surface area contributed by atoms with Gasteiger partial charge in [0.25, 0.3) is 5.91 Å². The number of thiophene rings is 1. The minimum absolute atomic E-state index is 0. The van der Waals surface area contributed by atoms with Crippen molar-refractivity contribution in [3.8, 4) is 0 Å². The van der Waals surface area contributed by atoms with Crippen molar-refractivity contribution in [2.24, 2.45) is 5.92 Å². The van der Waals surface area contributed by atoms with Crippen molar-refractivity contribution in [2.45, 2.75) is 6.42 Å². The van der Waals surface area contributed by atoms with Crippen LogP contribution in [0.5, 0.6) is 0 Å². The van der Waals surface area contributed by atoms with Crippen molar-refractivity contribution >= 4 is 46.9 Å². The van der Waals surface area contributed by atoms with E-state index in [1.807, 2.05) is 23.6 Å². The van der Waals surface area contributed by atoms with E-state index in [1.165, 1.54) is 11.3 Å². The van der Waals surface area contributed by atoms with Crippen LogP contribution in [0.3, 0.4) is 0 Å². The zero-order valence-electron chi connectivity index (χ0n) is 12.4. The van der Waals surface area contributed by atoms with Gasteiger partial charge in [-0.2, -0.15) is 0 Å². The van der Waals surface area contributed by atoms with Crippen LogP contribution < -0.4 is 16.0 Å². The first kappa shape index (κ1) is 17.5. The molecule has 0 spiro atoms. The first-order chi connectivity index (χ1) is 10.7. The van der Waals surface area contributed by atoms with Crippen LogP contribution in [-0.4, -0.2) is 24.9 Å². The second-order valence-corrected chi connectivity index (χ2v) is 6.10. The lowest BCUT2D eigenvalue weighted by atomic mass is 10.1. The molecule has 1 aliphatic rings. The lowest BCUT2D eigenvalue weighted by Crippen LogP contribution is -2.25. The highest BCUT2D eigenvalue weighted by molar-refractivity contribution is 7.12. The van der Waals surface area contributed by atoms with Crippen LogP contribution in [0.2, 0.25) is 0 Å². The average Bonchev–Trinajstić information content (AvgIpc) is 3.23. The van der Waals surface area contributed by atoms with E-state index < -0.39 is 0 Å². The van der Waals surface area contributed by atoms with E-state index in [1.54, 1.807) is 18.2 Å². The number of hydrogen-bond acceptors (Lipinski definition) is 4. The predicted molar refractivity (Wildman–Crippen MR) is 95.6 cm³/mol. The highest BCUT2D eigenvalue weighted by atomic mass is 35.5. The topological polar surface area (TPSA) is 70.2 Å². The van der Waals surface area contributed by atoms with E-state index in [2.05, 4.69) is 16.0 Å². The fourth-order valence-electron chi connectivity index (χ4n) is 2.41. The van der Waals surface area contributed by atoms with Crippen molar-refractivity contribution in [1.82, 2.24) is 5.32 Å². The fraction of sp³-hybridized carbons (Fsp3) is 0.250. The molecule has 1 atom stereocenters. The third-order valence-corrected chi connectivity index (χ3v) is 4.48.